The van der Waals surface area contributed by atoms with Crippen LogP contribution < -0.4 is 10.9 Å². The number of carbonyl (C=O) groups excluding carboxylic acids is 1. The van der Waals surface area contributed by atoms with Gasteiger partial charge in [-0.15, -0.1) is 0 Å². The van der Waals surface area contributed by atoms with Gasteiger partial charge in [-0.25, -0.2) is 4.98 Å². The summed E-state index contributed by atoms with van der Waals surface area (Å²) in [5.74, 6) is -0.697. The molecule has 0 saturated carbocycles. The van der Waals surface area contributed by atoms with Gasteiger partial charge in [-0.2, -0.15) is 26.3 Å². The van der Waals surface area contributed by atoms with E-state index in [0.29, 0.717) is 33.4 Å². The average Bonchev–Trinajstić information content (AvgIpc) is 3.27. The lowest BCUT2D eigenvalue weighted by Crippen LogP contribution is -2.31. The Morgan fingerprint density at radius 1 is 0.865 bits per heavy atom. The van der Waals surface area contributed by atoms with E-state index in [1.807, 2.05) is 5.43 Å². The van der Waals surface area contributed by atoms with Crippen LogP contribution in [0.5, 0.6) is 0 Å². The van der Waals surface area contributed by atoms with Gasteiger partial charge in [-0.05, 0) is 54.6 Å². The number of amides is 1. The standard InChI is InChI=1S/C24H14Cl2F6N4O/c25-14-6-8-15(9-7-14)36-12-20(33-21(36)16-3-1-2-4-18(16)26)22(37)35-34-19-10-5-13(23(27,28)29)11-17(19)24(30,31)32/h1-12,34H,(H,35,37). The Hall–Kier alpha value is -3.70. The number of anilines is 1. The molecule has 0 saturated heterocycles. The topological polar surface area (TPSA) is 59.0 Å². The van der Waals surface area contributed by atoms with Gasteiger partial charge in [-0.3, -0.25) is 20.2 Å². The maximum absolute atomic E-state index is 13.4. The molecule has 0 fully saturated rings. The van der Waals surface area contributed by atoms with E-state index in [2.05, 4.69) is 10.4 Å². The first kappa shape index (κ1) is 26.4. The summed E-state index contributed by atoms with van der Waals surface area (Å²) >= 11 is 12.3. The van der Waals surface area contributed by atoms with E-state index >= 15 is 0 Å². The molecule has 1 heterocycles. The second kappa shape index (κ2) is 9.98. The zero-order chi connectivity index (χ0) is 27.0. The van der Waals surface area contributed by atoms with Crippen LogP contribution in [0.2, 0.25) is 10.0 Å². The monoisotopic (exact) mass is 558 g/mol. The molecule has 3 aromatic carbocycles. The highest BCUT2D eigenvalue weighted by Crippen LogP contribution is 2.39. The molecule has 0 spiro atoms. The second-order valence-electron chi connectivity index (χ2n) is 7.61. The van der Waals surface area contributed by atoms with Crippen molar-refractivity contribution in [2.75, 3.05) is 5.43 Å². The smallest absolute Gasteiger partial charge is 0.299 e. The van der Waals surface area contributed by atoms with E-state index in [1.165, 1.54) is 10.8 Å². The number of rotatable bonds is 5. The molecule has 0 unspecified atom stereocenters. The highest BCUT2D eigenvalue weighted by molar-refractivity contribution is 6.33. The molecular formula is C24H14Cl2F6N4O. The predicted molar refractivity (Wildman–Crippen MR) is 127 cm³/mol. The zero-order valence-electron chi connectivity index (χ0n) is 18.3. The van der Waals surface area contributed by atoms with Gasteiger partial charge in [0.25, 0.3) is 5.91 Å². The van der Waals surface area contributed by atoms with Crippen molar-refractivity contribution in [2.45, 2.75) is 12.4 Å². The number of alkyl halides is 6. The van der Waals surface area contributed by atoms with E-state index in [1.54, 1.807) is 48.5 Å². The van der Waals surface area contributed by atoms with Gasteiger partial charge in [0.05, 0.1) is 21.8 Å². The SMILES string of the molecule is O=C(NNc1ccc(C(F)(F)F)cc1C(F)(F)F)c1cn(-c2ccc(Cl)cc2)c(-c2ccccc2Cl)n1. The number of halogens is 8. The lowest BCUT2D eigenvalue weighted by atomic mass is 10.1. The Labute approximate surface area is 215 Å². The molecule has 4 rings (SSSR count). The first-order valence-electron chi connectivity index (χ1n) is 10.3. The van der Waals surface area contributed by atoms with Crippen LogP contribution in [-0.2, 0) is 12.4 Å². The summed E-state index contributed by atoms with van der Waals surface area (Å²) in [7, 11) is 0. The molecule has 37 heavy (non-hydrogen) atoms. The summed E-state index contributed by atoms with van der Waals surface area (Å²) < 4.78 is 80.5. The summed E-state index contributed by atoms with van der Waals surface area (Å²) in [4.78, 5) is 17.1. The Morgan fingerprint density at radius 2 is 1.54 bits per heavy atom. The van der Waals surface area contributed by atoms with Gasteiger partial charge in [0, 0.05) is 22.5 Å². The van der Waals surface area contributed by atoms with Gasteiger partial charge >= 0.3 is 12.4 Å². The Bertz CT molecular complexity index is 1450. The van der Waals surface area contributed by atoms with Crippen molar-refractivity contribution >= 4 is 34.8 Å². The molecule has 0 atom stereocenters. The minimum Gasteiger partial charge on any atom is -0.299 e. The third kappa shape index (κ3) is 5.83. The number of hydrogen-bond donors (Lipinski definition) is 2. The largest absolute Gasteiger partial charge is 0.418 e. The molecule has 0 aliphatic heterocycles. The lowest BCUT2D eigenvalue weighted by Gasteiger charge is -2.17. The van der Waals surface area contributed by atoms with Crippen LogP contribution in [0.1, 0.15) is 21.6 Å². The summed E-state index contributed by atoms with van der Waals surface area (Å²) in [6.45, 7) is 0. The first-order chi connectivity index (χ1) is 17.3. The maximum Gasteiger partial charge on any atom is 0.418 e. The zero-order valence-corrected chi connectivity index (χ0v) is 19.8. The molecule has 1 aromatic heterocycles. The predicted octanol–water partition coefficient (Wildman–Crippen LogP) is 7.64. The van der Waals surface area contributed by atoms with E-state index < -0.39 is 35.1 Å². The van der Waals surface area contributed by atoms with Gasteiger partial charge in [0.2, 0.25) is 0 Å². The molecular weight excluding hydrogens is 545 g/mol. The Morgan fingerprint density at radius 3 is 2.16 bits per heavy atom. The fraction of sp³-hybridized carbons (Fsp3) is 0.0833. The number of imidazole rings is 1. The van der Waals surface area contributed by atoms with E-state index in [-0.39, 0.29) is 17.6 Å². The van der Waals surface area contributed by atoms with Crippen LogP contribution in [0.25, 0.3) is 17.1 Å². The van der Waals surface area contributed by atoms with Gasteiger partial charge < -0.3 is 0 Å². The molecule has 0 aliphatic carbocycles. The second-order valence-corrected chi connectivity index (χ2v) is 8.45. The number of benzene rings is 3. The molecule has 2 N–H and O–H groups in total. The highest BCUT2D eigenvalue weighted by atomic mass is 35.5. The summed E-state index contributed by atoms with van der Waals surface area (Å²) in [6.07, 6.45) is -8.77. The van der Waals surface area contributed by atoms with Crippen LogP contribution >= 0.6 is 23.2 Å². The minimum absolute atomic E-state index is 0.0424. The quantitative estimate of drug-likeness (QED) is 0.195. The molecule has 5 nitrogen and oxygen atoms in total. The third-order valence-electron chi connectivity index (χ3n) is 5.12. The van der Waals surface area contributed by atoms with Crippen LogP contribution in [0, 0.1) is 0 Å². The summed E-state index contributed by atoms with van der Waals surface area (Å²) in [6, 6.07) is 14.2. The van der Waals surface area contributed by atoms with Crippen molar-refractivity contribution in [3.8, 4) is 17.1 Å². The van der Waals surface area contributed by atoms with Crippen LogP contribution in [0.15, 0.2) is 72.9 Å². The Balaban J connectivity index is 1.67. The molecule has 0 bridgehead atoms. The lowest BCUT2D eigenvalue weighted by molar-refractivity contribution is -0.142. The molecule has 192 valence electrons. The highest BCUT2D eigenvalue weighted by Gasteiger charge is 2.38. The van der Waals surface area contributed by atoms with Gasteiger partial charge in [-0.1, -0.05) is 35.3 Å². The minimum atomic E-state index is -5.12. The molecule has 0 radical (unpaired) electrons. The molecule has 1 amide bonds. The van der Waals surface area contributed by atoms with Crippen molar-refractivity contribution < 1.29 is 31.1 Å². The van der Waals surface area contributed by atoms with Crippen LogP contribution in [0.3, 0.4) is 0 Å². The van der Waals surface area contributed by atoms with Crippen molar-refractivity contribution in [1.82, 2.24) is 15.0 Å². The third-order valence-corrected chi connectivity index (χ3v) is 5.70. The van der Waals surface area contributed by atoms with Crippen molar-refractivity contribution in [1.29, 1.82) is 0 Å². The number of hydrazine groups is 1. The number of hydrogen-bond acceptors (Lipinski definition) is 3. The molecule has 0 aliphatic rings. The number of nitrogens with one attached hydrogen (secondary N) is 2. The maximum atomic E-state index is 13.4. The van der Waals surface area contributed by atoms with E-state index in [4.69, 9.17) is 23.2 Å². The van der Waals surface area contributed by atoms with Crippen molar-refractivity contribution in [2.24, 2.45) is 0 Å². The van der Waals surface area contributed by atoms with Crippen LogP contribution in [0.4, 0.5) is 32.0 Å². The normalized spacial score (nSPS) is 11.9. The van der Waals surface area contributed by atoms with Crippen molar-refractivity contribution in [3.63, 3.8) is 0 Å². The van der Waals surface area contributed by atoms with Gasteiger partial charge in [0.1, 0.15) is 11.5 Å². The number of nitrogens with zero attached hydrogens (tertiary/aromatic N) is 2. The Kier molecular flexibility index (Phi) is 7.11. The van der Waals surface area contributed by atoms with Crippen LogP contribution in [-0.4, -0.2) is 15.5 Å². The molecule has 4 aromatic rings. The average molecular weight is 559 g/mol. The molecule has 13 heteroatoms. The summed E-state index contributed by atoms with van der Waals surface area (Å²) in [5, 5.41) is 0.787. The van der Waals surface area contributed by atoms with Crippen molar-refractivity contribution in [3.05, 3.63) is 99.8 Å². The number of aromatic nitrogens is 2. The first-order valence-corrected chi connectivity index (χ1v) is 11.0. The summed E-state index contributed by atoms with van der Waals surface area (Å²) in [5.41, 5.74) is 1.04. The fourth-order valence-electron chi connectivity index (χ4n) is 3.37. The van der Waals surface area contributed by atoms with E-state index in [0.717, 1.165) is 0 Å². The fourth-order valence-corrected chi connectivity index (χ4v) is 3.72. The van der Waals surface area contributed by atoms with E-state index in [9.17, 15) is 31.1 Å². The van der Waals surface area contributed by atoms with Gasteiger partial charge in [0.15, 0.2) is 0 Å². The number of carbonyl (C=O) groups is 1.